The topological polar surface area (TPSA) is 46.4 Å². The summed E-state index contributed by atoms with van der Waals surface area (Å²) in [5.74, 6) is -0.170. The first-order valence-electron chi connectivity index (χ1n) is 9.76. The van der Waals surface area contributed by atoms with E-state index < -0.39 is 0 Å². The Kier molecular flexibility index (Phi) is 5.68. The molecule has 0 atom stereocenters. The van der Waals surface area contributed by atoms with Crippen LogP contribution in [0.25, 0.3) is 16.5 Å². The molecule has 0 unspecified atom stereocenters. The highest BCUT2D eigenvalue weighted by molar-refractivity contribution is 6.30. The minimum Gasteiger partial charge on any atom is -0.317 e. The molecule has 3 aromatic carbocycles. The first kappa shape index (κ1) is 19.9. The van der Waals surface area contributed by atoms with E-state index in [4.69, 9.17) is 11.6 Å². The van der Waals surface area contributed by atoms with Gasteiger partial charge in [0.2, 0.25) is 5.91 Å². The maximum atomic E-state index is 12.1. The molecule has 0 aliphatic rings. The van der Waals surface area contributed by atoms with Gasteiger partial charge in [-0.3, -0.25) is 4.79 Å². The Morgan fingerprint density at radius 3 is 2.57 bits per heavy atom. The minimum atomic E-state index is -0.170. The largest absolute Gasteiger partial charge is 0.317 e. The number of fused-ring (bicyclic) bond motifs is 1. The first-order valence-corrected chi connectivity index (χ1v) is 10.1. The minimum absolute atomic E-state index is 0.170. The van der Waals surface area contributed by atoms with Crippen LogP contribution in [0, 0.1) is 13.8 Å². The maximum absolute atomic E-state index is 12.1. The summed E-state index contributed by atoms with van der Waals surface area (Å²) >= 11 is 5.88. The van der Waals surface area contributed by atoms with E-state index in [0.717, 1.165) is 28.2 Å². The Balaban J connectivity index is 1.53. The molecule has 0 spiro atoms. The molecule has 0 fully saturated rings. The van der Waals surface area contributed by atoms with E-state index in [9.17, 15) is 4.79 Å². The molecule has 1 N–H and O–H groups in total. The molecule has 5 heteroatoms. The molecule has 1 heterocycles. The van der Waals surface area contributed by atoms with Crippen molar-refractivity contribution < 1.29 is 4.79 Å². The van der Waals surface area contributed by atoms with Gasteiger partial charge in [-0.05, 0) is 49.1 Å². The van der Waals surface area contributed by atoms with E-state index in [1.54, 1.807) is 18.3 Å². The quantitative estimate of drug-likeness (QED) is 0.335. The number of benzene rings is 3. The fraction of sp³-hybridized carbons (Fsp3) is 0.120. The molecule has 0 saturated carbocycles. The van der Waals surface area contributed by atoms with E-state index in [-0.39, 0.29) is 12.3 Å². The van der Waals surface area contributed by atoms with Gasteiger partial charge in [-0.2, -0.15) is 5.10 Å². The predicted octanol–water partition coefficient (Wildman–Crippen LogP) is 5.59. The molecule has 0 aliphatic carbocycles. The lowest BCUT2D eigenvalue weighted by molar-refractivity contribution is -0.120. The van der Waals surface area contributed by atoms with Crippen molar-refractivity contribution in [2.45, 2.75) is 20.3 Å². The second kappa shape index (κ2) is 8.56. The number of hydrogen-bond donors (Lipinski definition) is 1. The van der Waals surface area contributed by atoms with Crippen molar-refractivity contribution in [3.05, 3.63) is 100 Å². The van der Waals surface area contributed by atoms with Crippen LogP contribution in [-0.4, -0.2) is 16.7 Å². The SMILES string of the molecule is Cc1cc(/C=N\NC(=O)Cc2ccc(Cl)cc2)c(C)n1-c1cccc2ccccc12. The molecular formula is C25H22ClN3O. The van der Waals surface area contributed by atoms with Gasteiger partial charge in [0, 0.05) is 27.4 Å². The smallest absolute Gasteiger partial charge is 0.244 e. The maximum Gasteiger partial charge on any atom is 0.244 e. The second-order valence-electron chi connectivity index (χ2n) is 7.26. The van der Waals surface area contributed by atoms with Crippen LogP contribution in [0.2, 0.25) is 5.02 Å². The first-order chi connectivity index (χ1) is 14.5. The van der Waals surface area contributed by atoms with E-state index in [1.807, 2.05) is 18.2 Å². The summed E-state index contributed by atoms with van der Waals surface area (Å²) in [5.41, 5.74) is 7.77. The lowest BCUT2D eigenvalue weighted by Gasteiger charge is -2.12. The van der Waals surface area contributed by atoms with Gasteiger partial charge in [0.25, 0.3) is 0 Å². The number of rotatable bonds is 5. The summed E-state index contributed by atoms with van der Waals surface area (Å²) in [6.45, 7) is 4.14. The van der Waals surface area contributed by atoms with Crippen molar-refractivity contribution in [2.75, 3.05) is 0 Å². The number of aromatic nitrogens is 1. The van der Waals surface area contributed by atoms with Gasteiger partial charge in [-0.1, -0.05) is 60.1 Å². The van der Waals surface area contributed by atoms with Crippen LogP contribution in [0.4, 0.5) is 0 Å². The van der Waals surface area contributed by atoms with Crippen LogP contribution in [0.3, 0.4) is 0 Å². The Morgan fingerprint density at radius 1 is 1.03 bits per heavy atom. The van der Waals surface area contributed by atoms with Gasteiger partial charge in [0.15, 0.2) is 0 Å². The number of hydrogen-bond acceptors (Lipinski definition) is 2. The zero-order chi connectivity index (χ0) is 21.1. The molecule has 150 valence electrons. The standard InChI is InChI=1S/C25H22ClN3O/c1-17-14-21(16-27-28-25(30)15-19-10-12-22(26)13-11-19)18(2)29(17)24-9-5-7-20-6-3-4-8-23(20)24/h3-14,16H,15H2,1-2H3,(H,28,30)/b27-16-. The Bertz CT molecular complexity index is 1230. The van der Waals surface area contributed by atoms with E-state index in [2.05, 4.69) is 71.4 Å². The lowest BCUT2D eigenvalue weighted by Crippen LogP contribution is -2.19. The zero-order valence-corrected chi connectivity index (χ0v) is 17.6. The highest BCUT2D eigenvalue weighted by Crippen LogP contribution is 2.26. The van der Waals surface area contributed by atoms with Crippen molar-refractivity contribution in [3.8, 4) is 5.69 Å². The fourth-order valence-corrected chi connectivity index (χ4v) is 3.82. The number of nitrogens with zero attached hydrogens (tertiary/aromatic N) is 2. The van der Waals surface area contributed by atoms with Crippen molar-refractivity contribution >= 4 is 34.5 Å². The van der Waals surface area contributed by atoms with Gasteiger partial charge in [-0.15, -0.1) is 0 Å². The van der Waals surface area contributed by atoms with Crippen molar-refractivity contribution in [2.24, 2.45) is 5.10 Å². The van der Waals surface area contributed by atoms with Crippen LogP contribution in [0.15, 0.2) is 77.9 Å². The van der Waals surface area contributed by atoms with E-state index in [1.165, 1.54) is 10.8 Å². The van der Waals surface area contributed by atoms with Crippen LogP contribution in [0.1, 0.15) is 22.5 Å². The summed E-state index contributed by atoms with van der Waals surface area (Å²) in [7, 11) is 0. The average molecular weight is 416 g/mol. The normalized spacial score (nSPS) is 11.3. The number of hydrazone groups is 1. The number of carbonyl (C=O) groups is 1. The zero-order valence-electron chi connectivity index (χ0n) is 16.9. The molecule has 1 amide bonds. The lowest BCUT2D eigenvalue weighted by atomic mass is 10.1. The predicted molar refractivity (Wildman–Crippen MR) is 124 cm³/mol. The third kappa shape index (κ3) is 4.14. The van der Waals surface area contributed by atoms with Crippen LogP contribution >= 0.6 is 11.6 Å². The Labute approximate surface area is 180 Å². The molecule has 4 rings (SSSR count). The Hall–Kier alpha value is -3.37. The molecule has 1 aromatic heterocycles. The average Bonchev–Trinajstić information content (AvgIpc) is 3.02. The van der Waals surface area contributed by atoms with Crippen LogP contribution < -0.4 is 5.43 Å². The molecule has 0 radical (unpaired) electrons. The second-order valence-corrected chi connectivity index (χ2v) is 7.69. The number of halogens is 1. The molecule has 30 heavy (non-hydrogen) atoms. The molecule has 0 aliphatic heterocycles. The van der Waals surface area contributed by atoms with Gasteiger partial charge in [0.05, 0.1) is 18.3 Å². The Morgan fingerprint density at radius 2 is 1.77 bits per heavy atom. The summed E-state index contributed by atoms with van der Waals surface area (Å²) in [4.78, 5) is 12.1. The molecule has 0 bridgehead atoms. The fourth-order valence-electron chi connectivity index (χ4n) is 3.69. The van der Waals surface area contributed by atoms with Crippen LogP contribution in [0.5, 0.6) is 0 Å². The van der Waals surface area contributed by atoms with Gasteiger partial charge in [0.1, 0.15) is 0 Å². The van der Waals surface area contributed by atoms with Crippen molar-refractivity contribution in [1.82, 2.24) is 9.99 Å². The van der Waals surface area contributed by atoms with Gasteiger partial charge < -0.3 is 4.57 Å². The van der Waals surface area contributed by atoms with E-state index >= 15 is 0 Å². The third-order valence-electron chi connectivity index (χ3n) is 5.15. The van der Waals surface area contributed by atoms with Gasteiger partial charge >= 0.3 is 0 Å². The highest BCUT2D eigenvalue weighted by atomic mass is 35.5. The van der Waals surface area contributed by atoms with Crippen molar-refractivity contribution in [1.29, 1.82) is 0 Å². The monoisotopic (exact) mass is 415 g/mol. The van der Waals surface area contributed by atoms with Gasteiger partial charge in [-0.25, -0.2) is 5.43 Å². The number of amides is 1. The van der Waals surface area contributed by atoms with Crippen molar-refractivity contribution in [3.63, 3.8) is 0 Å². The number of carbonyl (C=O) groups excluding carboxylic acids is 1. The molecular weight excluding hydrogens is 394 g/mol. The van der Waals surface area contributed by atoms with E-state index in [0.29, 0.717) is 5.02 Å². The summed E-state index contributed by atoms with van der Waals surface area (Å²) < 4.78 is 2.22. The summed E-state index contributed by atoms with van der Waals surface area (Å²) in [6, 6.07) is 24.0. The third-order valence-corrected chi connectivity index (χ3v) is 5.40. The molecule has 4 nitrogen and oxygen atoms in total. The highest BCUT2D eigenvalue weighted by Gasteiger charge is 2.12. The number of nitrogens with one attached hydrogen (secondary N) is 1. The molecule has 4 aromatic rings. The van der Waals surface area contributed by atoms with Crippen LogP contribution in [-0.2, 0) is 11.2 Å². The summed E-state index contributed by atoms with van der Waals surface area (Å²) in [5, 5.41) is 7.21. The number of aryl methyl sites for hydroxylation is 1. The molecule has 0 saturated heterocycles. The summed E-state index contributed by atoms with van der Waals surface area (Å²) in [6.07, 6.45) is 1.95.